The lowest BCUT2D eigenvalue weighted by atomic mass is 10.2. The van der Waals surface area contributed by atoms with Crippen molar-refractivity contribution in [3.8, 4) is 0 Å². The van der Waals surface area contributed by atoms with Gasteiger partial charge in [0.2, 0.25) is 5.95 Å². The summed E-state index contributed by atoms with van der Waals surface area (Å²) in [7, 11) is 0. The fourth-order valence-corrected chi connectivity index (χ4v) is 1.33. The Kier molecular flexibility index (Phi) is 5.54. The molecule has 106 valence electrons. The fraction of sp³-hybridized carbons (Fsp3) is 0.615. The summed E-state index contributed by atoms with van der Waals surface area (Å²) >= 11 is 0. The minimum Gasteiger partial charge on any atom is -0.444 e. The number of carbonyl (C=O) groups excluding carboxylic acids is 1. The number of aromatic nitrogens is 2. The van der Waals surface area contributed by atoms with E-state index in [0.29, 0.717) is 19.0 Å². The van der Waals surface area contributed by atoms with Gasteiger partial charge in [-0.25, -0.2) is 14.8 Å². The number of aryl methyl sites for hydroxylation is 1. The largest absolute Gasteiger partial charge is 0.444 e. The van der Waals surface area contributed by atoms with Crippen LogP contribution in [0.4, 0.5) is 10.7 Å². The summed E-state index contributed by atoms with van der Waals surface area (Å²) in [6.45, 7) is 8.67. The highest BCUT2D eigenvalue weighted by atomic mass is 16.6. The van der Waals surface area contributed by atoms with Crippen LogP contribution in [-0.2, 0) is 4.74 Å². The third-order valence-corrected chi connectivity index (χ3v) is 2.10. The molecule has 0 saturated carbocycles. The van der Waals surface area contributed by atoms with Gasteiger partial charge in [0, 0.05) is 25.0 Å². The van der Waals surface area contributed by atoms with Crippen LogP contribution in [0, 0.1) is 6.92 Å². The Morgan fingerprint density at radius 1 is 1.37 bits per heavy atom. The normalized spacial score (nSPS) is 10.9. The molecular formula is C13H22N4O2. The van der Waals surface area contributed by atoms with Crippen LogP contribution in [-0.4, -0.2) is 34.8 Å². The molecule has 1 aromatic rings. The molecule has 0 unspecified atom stereocenters. The van der Waals surface area contributed by atoms with E-state index in [9.17, 15) is 4.79 Å². The molecule has 1 amide bonds. The van der Waals surface area contributed by atoms with Crippen molar-refractivity contribution in [1.29, 1.82) is 0 Å². The maximum atomic E-state index is 11.4. The Labute approximate surface area is 114 Å². The highest BCUT2D eigenvalue weighted by molar-refractivity contribution is 5.67. The van der Waals surface area contributed by atoms with Gasteiger partial charge in [-0.3, -0.25) is 0 Å². The lowest BCUT2D eigenvalue weighted by Gasteiger charge is -2.19. The van der Waals surface area contributed by atoms with Crippen molar-refractivity contribution in [3.05, 3.63) is 18.0 Å². The number of alkyl carbamates (subject to hydrolysis) is 1. The first-order valence-corrected chi connectivity index (χ1v) is 6.37. The molecule has 1 heterocycles. The summed E-state index contributed by atoms with van der Waals surface area (Å²) in [6.07, 6.45) is 2.10. The number of hydrogen-bond donors (Lipinski definition) is 2. The molecule has 0 fully saturated rings. The number of nitrogens with one attached hydrogen (secondary N) is 2. The van der Waals surface area contributed by atoms with E-state index in [2.05, 4.69) is 20.6 Å². The van der Waals surface area contributed by atoms with Crippen molar-refractivity contribution in [2.75, 3.05) is 18.4 Å². The summed E-state index contributed by atoms with van der Waals surface area (Å²) in [5, 5.41) is 5.79. The SMILES string of the molecule is Cc1ccnc(NCCCNC(=O)OC(C)(C)C)n1. The molecule has 0 spiro atoms. The number of anilines is 1. The van der Waals surface area contributed by atoms with Gasteiger partial charge in [-0.1, -0.05) is 0 Å². The van der Waals surface area contributed by atoms with Gasteiger partial charge >= 0.3 is 6.09 Å². The predicted molar refractivity (Wildman–Crippen MR) is 74.1 cm³/mol. The summed E-state index contributed by atoms with van der Waals surface area (Å²) in [5.74, 6) is 0.609. The Morgan fingerprint density at radius 3 is 2.74 bits per heavy atom. The zero-order valence-corrected chi connectivity index (χ0v) is 12.0. The number of amides is 1. The van der Waals surface area contributed by atoms with E-state index >= 15 is 0 Å². The van der Waals surface area contributed by atoms with Crippen LogP contribution >= 0.6 is 0 Å². The average Bonchev–Trinajstić information content (AvgIpc) is 2.26. The second-order valence-corrected chi connectivity index (χ2v) is 5.23. The van der Waals surface area contributed by atoms with E-state index < -0.39 is 5.60 Å². The molecule has 2 N–H and O–H groups in total. The van der Waals surface area contributed by atoms with Gasteiger partial charge in [0.25, 0.3) is 0 Å². The van der Waals surface area contributed by atoms with E-state index in [1.807, 2.05) is 33.8 Å². The van der Waals surface area contributed by atoms with E-state index in [4.69, 9.17) is 4.74 Å². The molecule has 0 bridgehead atoms. The highest BCUT2D eigenvalue weighted by Gasteiger charge is 2.15. The van der Waals surface area contributed by atoms with Gasteiger partial charge in [-0.05, 0) is 40.2 Å². The van der Waals surface area contributed by atoms with E-state index in [-0.39, 0.29) is 6.09 Å². The second-order valence-electron chi connectivity index (χ2n) is 5.23. The van der Waals surface area contributed by atoms with Crippen molar-refractivity contribution >= 4 is 12.0 Å². The van der Waals surface area contributed by atoms with E-state index in [0.717, 1.165) is 12.1 Å². The quantitative estimate of drug-likeness (QED) is 0.798. The number of hydrogen-bond acceptors (Lipinski definition) is 5. The topological polar surface area (TPSA) is 76.1 Å². The van der Waals surface area contributed by atoms with Gasteiger partial charge < -0.3 is 15.4 Å². The first kappa shape index (κ1) is 15.2. The summed E-state index contributed by atoms with van der Waals surface area (Å²) in [4.78, 5) is 19.7. The molecule has 0 aliphatic carbocycles. The van der Waals surface area contributed by atoms with Crippen LogP contribution in [0.15, 0.2) is 12.3 Å². The molecule has 0 aromatic carbocycles. The van der Waals surface area contributed by atoms with Crippen molar-refractivity contribution in [3.63, 3.8) is 0 Å². The third-order valence-electron chi connectivity index (χ3n) is 2.10. The van der Waals surface area contributed by atoms with Gasteiger partial charge in [-0.15, -0.1) is 0 Å². The van der Waals surface area contributed by atoms with Crippen molar-refractivity contribution in [1.82, 2.24) is 15.3 Å². The van der Waals surface area contributed by atoms with Crippen molar-refractivity contribution in [2.45, 2.75) is 39.7 Å². The molecule has 19 heavy (non-hydrogen) atoms. The molecule has 0 aliphatic rings. The molecule has 0 radical (unpaired) electrons. The first-order chi connectivity index (χ1) is 8.87. The van der Waals surface area contributed by atoms with Crippen LogP contribution in [0.1, 0.15) is 32.9 Å². The monoisotopic (exact) mass is 266 g/mol. The summed E-state index contributed by atoms with van der Waals surface area (Å²) in [5.41, 5.74) is 0.460. The zero-order chi connectivity index (χ0) is 14.3. The molecule has 6 nitrogen and oxygen atoms in total. The zero-order valence-electron chi connectivity index (χ0n) is 12.0. The molecule has 1 aromatic heterocycles. The first-order valence-electron chi connectivity index (χ1n) is 6.37. The van der Waals surface area contributed by atoms with Gasteiger partial charge in [0.15, 0.2) is 0 Å². The number of carbonyl (C=O) groups is 1. The Morgan fingerprint density at radius 2 is 2.11 bits per heavy atom. The Balaban J connectivity index is 2.13. The lowest BCUT2D eigenvalue weighted by molar-refractivity contribution is 0.0528. The fourth-order valence-electron chi connectivity index (χ4n) is 1.33. The van der Waals surface area contributed by atoms with Crippen LogP contribution in [0.5, 0.6) is 0 Å². The summed E-state index contributed by atoms with van der Waals surface area (Å²) in [6, 6.07) is 1.84. The molecule has 0 aliphatic heterocycles. The maximum Gasteiger partial charge on any atom is 0.407 e. The van der Waals surface area contributed by atoms with Crippen LogP contribution in [0.2, 0.25) is 0 Å². The molecule has 1 rings (SSSR count). The van der Waals surface area contributed by atoms with Gasteiger partial charge in [-0.2, -0.15) is 0 Å². The van der Waals surface area contributed by atoms with Gasteiger partial charge in [0.1, 0.15) is 5.60 Å². The molecule has 0 atom stereocenters. The van der Waals surface area contributed by atoms with Crippen LogP contribution in [0.25, 0.3) is 0 Å². The minimum atomic E-state index is -0.461. The maximum absolute atomic E-state index is 11.4. The number of nitrogens with zero attached hydrogens (tertiary/aromatic N) is 2. The highest BCUT2D eigenvalue weighted by Crippen LogP contribution is 2.06. The summed E-state index contributed by atoms with van der Waals surface area (Å²) < 4.78 is 5.12. The van der Waals surface area contributed by atoms with Gasteiger partial charge in [0.05, 0.1) is 0 Å². The minimum absolute atomic E-state index is 0.390. The number of rotatable bonds is 5. The van der Waals surface area contributed by atoms with Crippen LogP contribution < -0.4 is 10.6 Å². The Hall–Kier alpha value is -1.85. The number of ether oxygens (including phenoxy) is 1. The molecular weight excluding hydrogens is 244 g/mol. The van der Waals surface area contributed by atoms with E-state index in [1.165, 1.54) is 0 Å². The van der Waals surface area contributed by atoms with Crippen LogP contribution in [0.3, 0.4) is 0 Å². The lowest BCUT2D eigenvalue weighted by Crippen LogP contribution is -2.33. The third kappa shape index (κ3) is 7.23. The second kappa shape index (κ2) is 6.92. The van der Waals surface area contributed by atoms with E-state index in [1.54, 1.807) is 6.20 Å². The standard InChI is InChI=1S/C13H22N4O2/c1-10-6-9-15-11(17-10)14-7-5-8-16-12(18)19-13(2,3)4/h6,9H,5,7-8H2,1-4H3,(H,16,18)(H,14,15,17). The molecule has 6 heteroatoms. The smallest absolute Gasteiger partial charge is 0.407 e. The van der Waals surface area contributed by atoms with Crippen molar-refractivity contribution < 1.29 is 9.53 Å². The Bertz CT molecular complexity index is 415. The molecule has 0 saturated heterocycles. The average molecular weight is 266 g/mol. The predicted octanol–water partition coefficient (Wildman–Crippen LogP) is 2.11. The van der Waals surface area contributed by atoms with Crippen molar-refractivity contribution in [2.24, 2.45) is 0 Å².